The van der Waals surface area contributed by atoms with Gasteiger partial charge in [-0.2, -0.15) is 5.10 Å². The number of nitrogens with one attached hydrogen (secondary N) is 1. The first-order valence-electron chi connectivity index (χ1n) is 8.53. The van der Waals surface area contributed by atoms with E-state index in [1.807, 2.05) is 0 Å². The zero-order valence-corrected chi connectivity index (χ0v) is 14.8. The van der Waals surface area contributed by atoms with Gasteiger partial charge in [0.05, 0.1) is 25.2 Å². The van der Waals surface area contributed by atoms with E-state index in [9.17, 15) is 10.1 Å². The van der Waals surface area contributed by atoms with Crippen LogP contribution in [-0.4, -0.2) is 49.4 Å². The number of piperidine rings is 1. The number of nitro benzene ring substituents is 1. The topological polar surface area (TPSA) is 89.2 Å². The van der Waals surface area contributed by atoms with Crippen molar-refractivity contribution in [3.63, 3.8) is 0 Å². The molecule has 0 spiro atoms. The van der Waals surface area contributed by atoms with E-state index >= 15 is 0 Å². The van der Waals surface area contributed by atoms with Gasteiger partial charge in [-0.05, 0) is 24.6 Å². The molecule has 1 aromatic carbocycles. The number of rotatable bonds is 6. The molecule has 8 nitrogen and oxygen atoms in total. The van der Waals surface area contributed by atoms with Crippen molar-refractivity contribution in [2.45, 2.75) is 25.8 Å². The van der Waals surface area contributed by atoms with E-state index in [4.69, 9.17) is 9.47 Å². The molecular formula is C17H24N4O4. The molecule has 2 aliphatic heterocycles. The maximum Gasteiger partial charge on any atom is 0.315 e. The molecule has 1 saturated heterocycles. The number of nitro groups is 1. The van der Waals surface area contributed by atoms with Crippen LogP contribution in [0.5, 0.6) is 11.5 Å². The van der Waals surface area contributed by atoms with Crippen molar-refractivity contribution in [3.8, 4) is 11.5 Å². The van der Waals surface area contributed by atoms with E-state index in [0.717, 1.165) is 43.8 Å². The van der Waals surface area contributed by atoms with Gasteiger partial charge in [0.2, 0.25) is 5.75 Å². The summed E-state index contributed by atoms with van der Waals surface area (Å²) in [5.74, 6) is 0.729. The van der Waals surface area contributed by atoms with Crippen molar-refractivity contribution >= 4 is 11.4 Å². The SMILES string of the molecule is CCCN1CCC2=NNC(c3cc(OC)c(OC)c([N+](=O)[O-])c3)C2C1. The molecule has 0 radical (unpaired) electrons. The van der Waals surface area contributed by atoms with Gasteiger partial charge in [-0.1, -0.05) is 6.92 Å². The number of fused-ring (bicyclic) bond motifs is 1. The highest BCUT2D eigenvalue weighted by molar-refractivity contribution is 5.90. The second-order valence-electron chi connectivity index (χ2n) is 6.40. The Morgan fingerprint density at radius 2 is 2.20 bits per heavy atom. The van der Waals surface area contributed by atoms with Crippen molar-refractivity contribution in [2.24, 2.45) is 11.0 Å². The molecule has 0 aromatic heterocycles. The maximum absolute atomic E-state index is 11.4. The summed E-state index contributed by atoms with van der Waals surface area (Å²) < 4.78 is 10.5. The van der Waals surface area contributed by atoms with E-state index in [0.29, 0.717) is 5.75 Å². The minimum absolute atomic E-state index is 0.0895. The first-order valence-corrected chi connectivity index (χ1v) is 8.53. The summed E-state index contributed by atoms with van der Waals surface area (Å²) in [6.07, 6.45) is 2.04. The Hall–Kier alpha value is -2.35. The van der Waals surface area contributed by atoms with Crippen LogP contribution in [-0.2, 0) is 0 Å². The van der Waals surface area contributed by atoms with Gasteiger partial charge in [-0.25, -0.2) is 0 Å². The molecule has 136 valence electrons. The van der Waals surface area contributed by atoms with Crippen molar-refractivity contribution in [2.75, 3.05) is 33.9 Å². The molecule has 25 heavy (non-hydrogen) atoms. The Balaban J connectivity index is 1.93. The molecule has 1 N–H and O–H groups in total. The van der Waals surface area contributed by atoms with Gasteiger partial charge in [-0.3, -0.25) is 10.1 Å². The van der Waals surface area contributed by atoms with E-state index in [-0.39, 0.29) is 23.4 Å². The predicted molar refractivity (Wildman–Crippen MR) is 94.4 cm³/mol. The molecule has 8 heteroatoms. The number of hydrazone groups is 1. The predicted octanol–water partition coefficient (Wildman–Crippen LogP) is 2.34. The fourth-order valence-corrected chi connectivity index (χ4v) is 3.72. The summed E-state index contributed by atoms with van der Waals surface area (Å²) in [7, 11) is 2.89. The van der Waals surface area contributed by atoms with Gasteiger partial charge in [0, 0.05) is 37.2 Å². The minimum atomic E-state index is -0.439. The number of benzene rings is 1. The summed E-state index contributed by atoms with van der Waals surface area (Å²) in [4.78, 5) is 13.4. The molecule has 0 amide bonds. The number of nitrogens with zero attached hydrogens (tertiary/aromatic N) is 3. The molecule has 0 aliphatic carbocycles. The van der Waals surface area contributed by atoms with Crippen LogP contribution >= 0.6 is 0 Å². The standard InChI is InChI=1S/C17H24N4O4/c1-4-6-20-7-5-13-12(10-20)16(19-18-13)11-8-14(21(22)23)17(25-3)15(9-11)24-2/h8-9,12,16,19H,4-7,10H2,1-3H3. The third-order valence-electron chi connectivity index (χ3n) is 4.89. The third kappa shape index (κ3) is 3.26. The largest absolute Gasteiger partial charge is 0.493 e. The Labute approximate surface area is 146 Å². The Kier molecular flexibility index (Phi) is 5.08. The third-order valence-corrected chi connectivity index (χ3v) is 4.89. The van der Waals surface area contributed by atoms with Crippen molar-refractivity contribution in [1.29, 1.82) is 0 Å². The Morgan fingerprint density at radius 3 is 2.84 bits per heavy atom. The van der Waals surface area contributed by atoms with Crippen LogP contribution in [0.1, 0.15) is 31.4 Å². The van der Waals surface area contributed by atoms with E-state index in [1.54, 1.807) is 12.1 Å². The maximum atomic E-state index is 11.4. The molecule has 1 fully saturated rings. The molecule has 2 aliphatic rings. The van der Waals surface area contributed by atoms with Crippen LogP contribution in [0.25, 0.3) is 0 Å². The summed E-state index contributed by atoms with van der Waals surface area (Å²) >= 11 is 0. The quantitative estimate of drug-likeness (QED) is 0.627. The lowest BCUT2D eigenvalue weighted by atomic mass is 9.86. The number of methoxy groups -OCH3 is 2. The lowest BCUT2D eigenvalue weighted by Crippen LogP contribution is -2.42. The van der Waals surface area contributed by atoms with Gasteiger partial charge < -0.3 is 19.8 Å². The fraction of sp³-hybridized carbons (Fsp3) is 0.588. The molecule has 2 heterocycles. The van der Waals surface area contributed by atoms with Crippen LogP contribution in [0, 0.1) is 16.0 Å². The lowest BCUT2D eigenvalue weighted by Gasteiger charge is -2.33. The molecular weight excluding hydrogens is 324 g/mol. The summed E-state index contributed by atoms with van der Waals surface area (Å²) in [6.45, 7) is 5.16. The summed E-state index contributed by atoms with van der Waals surface area (Å²) in [6, 6.07) is 3.28. The zero-order valence-electron chi connectivity index (χ0n) is 14.8. The smallest absolute Gasteiger partial charge is 0.315 e. The molecule has 0 bridgehead atoms. The second-order valence-corrected chi connectivity index (χ2v) is 6.40. The summed E-state index contributed by atoms with van der Waals surface area (Å²) in [5.41, 5.74) is 5.03. The van der Waals surface area contributed by atoms with Crippen molar-refractivity contribution < 1.29 is 14.4 Å². The van der Waals surface area contributed by atoms with Crippen LogP contribution in [0.4, 0.5) is 5.69 Å². The van der Waals surface area contributed by atoms with Gasteiger partial charge in [-0.15, -0.1) is 0 Å². The number of hydrogen-bond acceptors (Lipinski definition) is 7. The van der Waals surface area contributed by atoms with E-state index < -0.39 is 4.92 Å². The monoisotopic (exact) mass is 348 g/mol. The minimum Gasteiger partial charge on any atom is -0.493 e. The van der Waals surface area contributed by atoms with Gasteiger partial charge in [0.25, 0.3) is 0 Å². The number of likely N-dealkylation sites (tertiary alicyclic amines) is 1. The molecule has 0 saturated carbocycles. The Bertz CT molecular complexity index is 691. The molecule has 2 unspecified atom stereocenters. The fourth-order valence-electron chi connectivity index (χ4n) is 3.72. The van der Waals surface area contributed by atoms with Crippen molar-refractivity contribution in [3.05, 3.63) is 27.8 Å². The zero-order chi connectivity index (χ0) is 18.0. The first-order chi connectivity index (χ1) is 12.1. The molecule has 2 atom stereocenters. The average Bonchev–Trinajstić information content (AvgIpc) is 3.03. The second kappa shape index (κ2) is 7.26. The van der Waals surface area contributed by atoms with Crippen molar-refractivity contribution in [1.82, 2.24) is 10.3 Å². The highest BCUT2D eigenvalue weighted by Gasteiger charge is 2.38. The highest BCUT2D eigenvalue weighted by atomic mass is 16.6. The highest BCUT2D eigenvalue weighted by Crippen LogP contribution is 2.42. The molecule has 1 aromatic rings. The summed E-state index contributed by atoms with van der Waals surface area (Å²) in [5, 5.41) is 15.9. The van der Waals surface area contributed by atoms with Crippen LogP contribution < -0.4 is 14.9 Å². The van der Waals surface area contributed by atoms with Crippen LogP contribution in [0.15, 0.2) is 17.2 Å². The first kappa shape index (κ1) is 17.5. The lowest BCUT2D eigenvalue weighted by molar-refractivity contribution is -0.385. The van der Waals surface area contributed by atoms with Crippen LogP contribution in [0.3, 0.4) is 0 Å². The average molecular weight is 348 g/mol. The Morgan fingerprint density at radius 1 is 1.40 bits per heavy atom. The van der Waals surface area contributed by atoms with Gasteiger partial charge in [0.1, 0.15) is 0 Å². The van der Waals surface area contributed by atoms with Crippen LogP contribution in [0.2, 0.25) is 0 Å². The van der Waals surface area contributed by atoms with E-state index in [2.05, 4.69) is 22.4 Å². The van der Waals surface area contributed by atoms with Gasteiger partial charge in [0.15, 0.2) is 5.75 Å². The van der Waals surface area contributed by atoms with E-state index in [1.165, 1.54) is 14.2 Å². The number of hydrogen-bond donors (Lipinski definition) is 1. The molecule has 3 rings (SSSR count). The van der Waals surface area contributed by atoms with Gasteiger partial charge >= 0.3 is 5.69 Å². The number of ether oxygens (including phenoxy) is 2. The normalized spacial score (nSPS) is 22.8.